The Morgan fingerprint density at radius 1 is 1.00 bits per heavy atom. The van der Waals surface area contributed by atoms with Crippen molar-refractivity contribution in [1.82, 2.24) is 5.01 Å². The first kappa shape index (κ1) is 13.5. The van der Waals surface area contributed by atoms with Gasteiger partial charge in [-0.1, -0.05) is 35.9 Å². The van der Waals surface area contributed by atoms with E-state index in [9.17, 15) is 9.59 Å². The molecule has 0 N–H and O–H groups in total. The third-order valence-electron chi connectivity index (χ3n) is 5.83. The van der Waals surface area contributed by atoms with Crippen LogP contribution in [-0.2, 0) is 9.59 Å². The fourth-order valence-electron chi connectivity index (χ4n) is 4.73. The molecule has 2 bridgehead atoms. The predicted octanol–water partition coefficient (Wildman–Crippen LogP) is 2.73. The average molecular weight is 327 g/mol. The van der Waals surface area contributed by atoms with E-state index in [1.54, 1.807) is 18.3 Å². The summed E-state index contributed by atoms with van der Waals surface area (Å²) in [5.74, 6) is 1.06. The van der Waals surface area contributed by atoms with Gasteiger partial charge in [0.15, 0.2) is 0 Å². The van der Waals surface area contributed by atoms with Crippen molar-refractivity contribution in [2.75, 3.05) is 0 Å². The molecule has 6 atom stereocenters. The summed E-state index contributed by atoms with van der Waals surface area (Å²) in [5.41, 5.74) is 0.814. The lowest BCUT2D eigenvalue weighted by molar-refractivity contribution is -0.140. The van der Waals surface area contributed by atoms with Gasteiger partial charge in [-0.05, 0) is 47.8 Å². The highest BCUT2D eigenvalue weighted by Crippen LogP contribution is 2.65. The number of hydrogen-bond acceptors (Lipinski definition) is 3. The summed E-state index contributed by atoms with van der Waals surface area (Å²) in [6.45, 7) is 0. The van der Waals surface area contributed by atoms with Crippen LogP contribution in [0.3, 0.4) is 0 Å². The average Bonchev–Trinajstić information content (AvgIpc) is 3.33. The van der Waals surface area contributed by atoms with Crippen LogP contribution in [0.5, 0.6) is 0 Å². The number of allylic oxidation sites excluding steroid dienone is 2. The number of rotatable bonds is 2. The van der Waals surface area contributed by atoms with Gasteiger partial charge in [0.1, 0.15) is 0 Å². The molecule has 1 aliphatic heterocycles. The standard InChI is InChI=1S/C18H15ClN2O2/c19-10-3-1-9(2-4-10)8-20-21-17(22)15-11-5-6-12(14-7-13(11)14)16(15)18(21)23/h1-6,8,11-16H,7H2/b20-8-/t11-,12-,13-,14+,15-,16+/m0/s1. The Labute approximate surface area is 138 Å². The molecule has 1 aromatic carbocycles. The molecule has 0 spiro atoms. The number of imide groups is 1. The lowest BCUT2D eigenvalue weighted by Crippen LogP contribution is -2.40. The molecular weight excluding hydrogens is 312 g/mol. The van der Waals surface area contributed by atoms with E-state index in [1.165, 1.54) is 6.42 Å². The first-order valence-electron chi connectivity index (χ1n) is 8.01. The zero-order valence-corrected chi connectivity index (χ0v) is 13.1. The largest absolute Gasteiger partial charge is 0.272 e. The molecule has 4 aliphatic carbocycles. The highest BCUT2D eigenvalue weighted by molar-refractivity contribution is 6.30. The Balaban J connectivity index is 1.44. The van der Waals surface area contributed by atoms with Gasteiger partial charge >= 0.3 is 0 Å². The van der Waals surface area contributed by atoms with Crippen LogP contribution < -0.4 is 0 Å². The summed E-state index contributed by atoms with van der Waals surface area (Å²) in [4.78, 5) is 25.4. The van der Waals surface area contributed by atoms with Gasteiger partial charge in [0.2, 0.25) is 0 Å². The molecule has 0 radical (unpaired) electrons. The fourth-order valence-corrected chi connectivity index (χ4v) is 4.85. The van der Waals surface area contributed by atoms with E-state index in [0.717, 1.165) is 10.6 Å². The van der Waals surface area contributed by atoms with Gasteiger partial charge in [0.25, 0.3) is 11.8 Å². The summed E-state index contributed by atoms with van der Waals surface area (Å²) in [6.07, 6.45) is 7.05. The van der Waals surface area contributed by atoms with Crippen LogP contribution in [-0.4, -0.2) is 23.0 Å². The SMILES string of the molecule is O=C1[C@@H]2[C@H]3C=C[C@@H]([C@@H]4C[C@H]34)[C@@H]2C(=O)N1/N=C\c1ccc(Cl)cc1. The molecule has 5 aliphatic rings. The van der Waals surface area contributed by atoms with E-state index >= 15 is 0 Å². The van der Waals surface area contributed by atoms with Crippen molar-refractivity contribution in [2.24, 2.45) is 40.6 Å². The van der Waals surface area contributed by atoms with E-state index in [2.05, 4.69) is 17.3 Å². The molecule has 1 heterocycles. The van der Waals surface area contributed by atoms with Crippen molar-refractivity contribution >= 4 is 29.6 Å². The third-order valence-corrected chi connectivity index (χ3v) is 6.08. The normalized spacial score (nSPS) is 40.0. The maximum atomic E-state index is 12.7. The Kier molecular flexibility index (Phi) is 2.66. The van der Waals surface area contributed by atoms with E-state index in [1.807, 2.05) is 12.1 Å². The minimum absolute atomic E-state index is 0.130. The molecular formula is C18H15ClN2O2. The number of hydrazone groups is 1. The first-order chi connectivity index (χ1) is 11.1. The number of halogens is 1. The molecule has 2 saturated carbocycles. The molecule has 4 nitrogen and oxygen atoms in total. The van der Waals surface area contributed by atoms with Crippen LogP contribution in [0, 0.1) is 35.5 Å². The molecule has 1 aromatic rings. The second kappa shape index (κ2) is 4.54. The zero-order chi connectivity index (χ0) is 15.7. The number of benzene rings is 1. The molecule has 6 rings (SSSR count). The van der Waals surface area contributed by atoms with Crippen molar-refractivity contribution in [3.05, 3.63) is 47.0 Å². The monoisotopic (exact) mass is 326 g/mol. The van der Waals surface area contributed by atoms with E-state index < -0.39 is 0 Å². The summed E-state index contributed by atoms with van der Waals surface area (Å²) >= 11 is 5.85. The second-order valence-electron chi connectivity index (χ2n) is 6.94. The van der Waals surface area contributed by atoms with Crippen molar-refractivity contribution in [2.45, 2.75) is 6.42 Å². The summed E-state index contributed by atoms with van der Waals surface area (Å²) in [6, 6.07) is 7.14. The van der Waals surface area contributed by atoms with Crippen LogP contribution >= 0.6 is 11.6 Å². The van der Waals surface area contributed by atoms with Crippen LogP contribution in [0.15, 0.2) is 41.5 Å². The van der Waals surface area contributed by atoms with Crippen LogP contribution in [0.1, 0.15) is 12.0 Å². The Morgan fingerprint density at radius 2 is 1.57 bits per heavy atom. The van der Waals surface area contributed by atoms with Gasteiger partial charge in [-0.25, -0.2) is 0 Å². The van der Waals surface area contributed by atoms with Crippen molar-refractivity contribution in [3.8, 4) is 0 Å². The quantitative estimate of drug-likeness (QED) is 0.476. The van der Waals surface area contributed by atoms with Gasteiger partial charge in [-0.15, -0.1) is 0 Å². The summed E-state index contributed by atoms with van der Waals surface area (Å²) < 4.78 is 0. The second-order valence-corrected chi connectivity index (χ2v) is 7.38. The van der Waals surface area contributed by atoms with E-state index in [-0.39, 0.29) is 35.5 Å². The van der Waals surface area contributed by atoms with Gasteiger partial charge in [-0.2, -0.15) is 10.1 Å². The molecule has 116 valence electrons. The fraction of sp³-hybridized carbons (Fsp3) is 0.389. The molecule has 1 saturated heterocycles. The molecule has 5 heteroatoms. The van der Waals surface area contributed by atoms with Gasteiger partial charge in [0.05, 0.1) is 18.1 Å². The van der Waals surface area contributed by atoms with Crippen molar-refractivity contribution < 1.29 is 9.59 Å². The Hall–Kier alpha value is -1.94. The molecule has 0 aromatic heterocycles. The van der Waals surface area contributed by atoms with Crippen LogP contribution in [0.25, 0.3) is 0 Å². The summed E-state index contributed by atoms with van der Waals surface area (Å²) in [5, 5.41) is 5.93. The molecule has 23 heavy (non-hydrogen) atoms. The maximum absolute atomic E-state index is 12.7. The van der Waals surface area contributed by atoms with E-state index in [0.29, 0.717) is 16.9 Å². The number of nitrogens with zero attached hydrogens (tertiary/aromatic N) is 2. The third kappa shape index (κ3) is 1.81. The number of carbonyl (C=O) groups excluding carboxylic acids is 2. The van der Waals surface area contributed by atoms with Crippen molar-refractivity contribution in [3.63, 3.8) is 0 Å². The lowest BCUT2D eigenvalue weighted by atomic mass is 9.63. The van der Waals surface area contributed by atoms with Crippen molar-refractivity contribution in [1.29, 1.82) is 0 Å². The topological polar surface area (TPSA) is 49.7 Å². The Morgan fingerprint density at radius 3 is 2.13 bits per heavy atom. The first-order valence-corrected chi connectivity index (χ1v) is 8.38. The molecule has 3 fully saturated rings. The maximum Gasteiger partial charge on any atom is 0.254 e. The highest BCUT2D eigenvalue weighted by atomic mass is 35.5. The van der Waals surface area contributed by atoms with Crippen LogP contribution in [0.2, 0.25) is 5.02 Å². The Bertz CT molecular complexity index is 734. The van der Waals surface area contributed by atoms with E-state index in [4.69, 9.17) is 11.6 Å². The van der Waals surface area contributed by atoms with Gasteiger partial charge in [-0.3, -0.25) is 9.59 Å². The van der Waals surface area contributed by atoms with Crippen LogP contribution in [0.4, 0.5) is 0 Å². The smallest absolute Gasteiger partial charge is 0.254 e. The predicted molar refractivity (Wildman–Crippen MR) is 85.6 cm³/mol. The molecule has 0 unspecified atom stereocenters. The zero-order valence-electron chi connectivity index (χ0n) is 12.3. The van der Waals surface area contributed by atoms with Gasteiger partial charge in [0, 0.05) is 5.02 Å². The number of amides is 2. The minimum atomic E-state index is -0.191. The molecule has 2 amide bonds. The number of carbonyl (C=O) groups is 2. The minimum Gasteiger partial charge on any atom is -0.272 e. The lowest BCUT2D eigenvalue weighted by Gasteiger charge is -2.37. The summed E-state index contributed by atoms with van der Waals surface area (Å²) in [7, 11) is 0. The number of hydrogen-bond donors (Lipinski definition) is 0. The highest BCUT2D eigenvalue weighted by Gasteiger charge is 2.67. The van der Waals surface area contributed by atoms with Gasteiger partial charge < -0.3 is 0 Å².